The molecule has 3 aliphatic rings. The molecule has 0 radical (unpaired) electrons. The number of nitrogens with zero attached hydrogens (tertiary/aromatic N) is 3. The maximum absolute atomic E-state index is 13.2. The van der Waals surface area contributed by atoms with Gasteiger partial charge >= 0.3 is 5.97 Å². The number of pyridine rings is 1. The Bertz CT molecular complexity index is 1030. The van der Waals surface area contributed by atoms with Gasteiger partial charge in [-0.1, -0.05) is 30.3 Å². The van der Waals surface area contributed by atoms with Gasteiger partial charge in [0.05, 0.1) is 43.3 Å². The Labute approximate surface area is 173 Å². The molecule has 4 heterocycles. The number of amides is 2. The highest BCUT2D eigenvalue weighted by Crippen LogP contribution is 2.51. The number of aromatic nitrogens is 1. The van der Waals surface area contributed by atoms with Crippen molar-refractivity contribution in [1.82, 2.24) is 14.8 Å². The molecular formula is C22H21N3O5. The van der Waals surface area contributed by atoms with E-state index in [-0.39, 0.29) is 35.9 Å². The first-order chi connectivity index (χ1) is 14.5. The minimum Gasteiger partial charge on any atom is -0.465 e. The van der Waals surface area contributed by atoms with E-state index < -0.39 is 11.7 Å². The number of ether oxygens (including phenoxy) is 2. The van der Waals surface area contributed by atoms with Crippen molar-refractivity contribution in [3.05, 3.63) is 65.5 Å². The Hall–Kier alpha value is -3.26. The second-order valence-electron chi connectivity index (χ2n) is 7.77. The van der Waals surface area contributed by atoms with Crippen LogP contribution < -0.4 is 0 Å². The smallest absolute Gasteiger partial charge is 0.339 e. The quantitative estimate of drug-likeness (QED) is 0.721. The maximum Gasteiger partial charge on any atom is 0.339 e. The van der Waals surface area contributed by atoms with Crippen LogP contribution in [-0.2, 0) is 14.3 Å². The van der Waals surface area contributed by atoms with Gasteiger partial charge in [0.15, 0.2) is 5.72 Å². The van der Waals surface area contributed by atoms with Crippen LogP contribution in [0.15, 0.2) is 48.8 Å². The molecule has 1 spiro atoms. The van der Waals surface area contributed by atoms with E-state index in [0.717, 1.165) is 5.56 Å². The van der Waals surface area contributed by atoms with Crippen LogP contribution in [0.5, 0.6) is 0 Å². The van der Waals surface area contributed by atoms with E-state index >= 15 is 0 Å². The minimum absolute atomic E-state index is 0.00899. The molecule has 3 atom stereocenters. The summed E-state index contributed by atoms with van der Waals surface area (Å²) in [5, 5.41) is 0. The third-order valence-corrected chi connectivity index (χ3v) is 6.31. The molecule has 5 rings (SSSR count). The summed E-state index contributed by atoms with van der Waals surface area (Å²) < 4.78 is 11.0. The Kier molecular flexibility index (Phi) is 4.32. The maximum atomic E-state index is 13.2. The first kappa shape index (κ1) is 18.7. The number of esters is 1. The Balaban J connectivity index is 1.43. The third-order valence-electron chi connectivity index (χ3n) is 6.31. The molecule has 0 bridgehead atoms. The number of methoxy groups -OCH3 is 1. The van der Waals surface area contributed by atoms with Crippen molar-refractivity contribution in [3.8, 4) is 0 Å². The molecule has 1 aromatic heterocycles. The van der Waals surface area contributed by atoms with Crippen LogP contribution in [0.4, 0.5) is 0 Å². The Morgan fingerprint density at radius 3 is 2.73 bits per heavy atom. The first-order valence-corrected chi connectivity index (χ1v) is 9.90. The Morgan fingerprint density at radius 2 is 1.97 bits per heavy atom. The number of hydrogen-bond acceptors (Lipinski definition) is 6. The highest BCUT2D eigenvalue weighted by Gasteiger charge is 2.65. The zero-order valence-corrected chi connectivity index (χ0v) is 16.5. The van der Waals surface area contributed by atoms with Crippen LogP contribution in [0.1, 0.15) is 45.2 Å². The third kappa shape index (κ3) is 2.64. The Morgan fingerprint density at radius 1 is 1.20 bits per heavy atom. The fourth-order valence-corrected chi connectivity index (χ4v) is 4.96. The number of carbonyl (C=O) groups is 3. The van der Waals surface area contributed by atoms with Gasteiger partial charge in [0.1, 0.15) is 0 Å². The SMILES string of the molecule is COC(=O)c1cncc(C(=O)N2CC[C@@]34OC[C@@H](c5ccccc5)N3C(=O)C[C@@H]24)c1. The molecule has 3 aliphatic heterocycles. The second-order valence-corrected chi connectivity index (χ2v) is 7.77. The molecule has 1 aromatic carbocycles. The summed E-state index contributed by atoms with van der Waals surface area (Å²) in [5.41, 5.74) is 0.741. The van der Waals surface area contributed by atoms with Gasteiger partial charge in [-0.25, -0.2) is 4.79 Å². The predicted molar refractivity (Wildman–Crippen MR) is 104 cm³/mol. The van der Waals surface area contributed by atoms with E-state index in [1.807, 2.05) is 35.2 Å². The lowest BCUT2D eigenvalue weighted by Crippen LogP contribution is -2.49. The van der Waals surface area contributed by atoms with Gasteiger partial charge in [-0.05, 0) is 11.6 Å². The lowest BCUT2D eigenvalue weighted by Gasteiger charge is -2.33. The molecule has 2 aromatic rings. The standard InChI is InChI=1S/C22H21N3O5/c1-29-21(28)16-9-15(11-23-12-16)20(27)24-8-7-22-18(24)10-19(26)25(22)17(13-30-22)14-5-3-2-4-6-14/h2-6,9,11-12,17-18H,7-8,10,13H2,1H3/t17-,18+,22-/m0/s1. The summed E-state index contributed by atoms with van der Waals surface area (Å²) >= 11 is 0. The zero-order valence-electron chi connectivity index (χ0n) is 16.5. The molecule has 30 heavy (non-hydrogen) atoms. The van der Waals surface area contributed by atoms with Gasteiger partial charge in [0.2, 0.25) is 5.91 Å². The lowest BCUT2D eigenvalue weighted by atomic mass is 10.0. The van der Waals surface area contributed by atoms with E-state index in [1.54, 1.807) is 4.90 Å². The van der Waals surface area contributed by atoms with Gasteiger partial charge < -0.3 is 19.3 Å². The van der Waals surface area contributed by atoms with Crippen LogP contribution in [0.25, 0.3) is 0 Å². The van der Waals surface area contributed by atoms with Gasteiger partial charge in [-0.3, -0.25) is 14.6 Å². The van der Waals surface area contributed by atoms with Crippen LogP contribution in [-0.4, -0.2) is 64.6 Å². The highest BCUT2D eigenvalue weighted by molar-refractivity contribution is 5.98. The molecule has 8 heteroatoms. The van der Waals surface area contributed by atoms with E-state index in [1.165, 1.54) is 25.6 Å². The summed E-state index contributed by atoms with van der Waals surface area (Å²) in [6.07, 6.45) is 3.57. The zero-order chi connectivity index (χ0) is 20.9. The summed E-state index contributed by atoms with van der Waals surface area (Å²) in [7, 11) is 1.28. The fraction of sp³-hybridized carbons (Fsp3) is 0.364. The van der Waals surface area contributed by atoms with Crippen molar-refractivity contribution in [2.24, 2.45) is 0 Å². The summed E-state index contributed by atoms with van der Waals surface area (Å²) in [4.78, 5) is 45.5. The molecule has 3 fully saturated rings. The number of hydrogen-bond donors (Lipinski definition) is 0. The summed E-state index contributed by atoms with van der Waals surface area (Å²) in [5.74, 6) is -0.830. The van der Waals surface area contributed by atoms with Crippen LogP contribution >= 0.6 is 0 Å². The number of rotatable bonds is 3. The number of benzene rings is 1. The van der Waals surface area contributed by atoms with Gasteiger partial charge in [0.25, 0.3) is 5.91 Å². The molecule has 2 amide bonds. The average Bonchev–Trinajstić information content (AvgIpc) is 3.42. The molecule has 0 unspecified atom stereocenters. The van der Waals surface area contributed by atoms with E-state index in [4.69, 9.17) is 9.47 Å². The van der Waals surface area contributed by atoms with Crippen molar-refractivity contribution in [2.45, 2.75) is 30.7 Å². The van der Waals surface area contributed by atoms with Gasteiger partial charge in [-0.2, -0.15) is 0 Å². The molecular weight excluding hydrogens is 386 g/mol. The van der Waals surface area contributed by atoms with Gasteiger partial charge in [0, 0.05) is 25.4 Å². The van der Waals surface area contributed by atoms with Gasteiger partial charge in [-0.15, -0.1) is 0 Å². The molecule has 3 saturated heterocycles. The molecule has 0 aliphatic carbocycles. The minimum atomic E-state index is -0.791. The van der Waals surface area contributed by atoms with Crippen molar-refractivity contribution in [3.63, 3.8) is 0 Å². The van der Waals surface area contributed by atoms with Crippen molar-refractivity contribution in [2.75, 3.05) is 20.3 Å². The van der Waals surface area contributed by atoms with E-state index in [0.29, 0.717) is 25.1 Å². The molecule has 0 saturated carbocycles. The fourth-order valence-electron chi connectivity index (χ4n) is 4.96. The molecule has 8 nitrogen and oxygen atoms in total. The monoisotopic (exact) mass is 407 g/mol. The lowest BCUT2D eigenvalue weighted by molar-refractivity contribution is -0.138. The topological polar surface area (TPSA) is 89.0 Å². The van der Waals surface area contributed by atoms with Crippen molar-refractivity contribution < 1.29 is 23.9 Å². The average molecular weight is 407 g/mol. The number of likely N-dealkylation sites (tertiary alicyclic amines) is 1. The van der Waals surface area contributed by atoms with Crippen LogP contribution in [0.2, 0.25) is 0 Å². The van der Waals surface area contributed by atoms with Crippen molar-refractivity contribution >= 4 is 17.8 Å². The number of carbonyl (C=O) groups excluding carboxylic acids is 3. The predicted octanol–water partition coefficient (Wildman–Crippen LogP) is 1.78. The summed E-state index contributed by atoms with van der Waals surface area (Å²) in [6.45, 7) is 0.880. The molecule has 154 valence electrons. The van der Waals surface area contributed by atoms with Crippen LogP contribution in [0.3, 0.4) is 0 Å². The largest absolute Gasteiger partial charge is 0.465 e. The van der Waals surface area contributed by atoms with E-state index in [2.05, 4.69) is 4.98 Å². The second kappa shape index (κ2) is 6.91. The highest BCUT2D eigenvalue weighted by atomic mass is 16.5. The summed E-state index contributed by atoms with van der Waals surface area (Å²) in [6, 6.07) is 10.8. The first-order valence-electron chi connectivity index (χ1n) is 9.90. The normalized spacial score (nSPS) is 27.2. The van der Waals surface area contributed by atoms with E-state index in [9.17, 15) is 14.4 Å². The molecule has 0 N–H and O–H groups in total. The van der Waals surface area contributed by atoms with Crippen molar-refractivity contribution in [1.29, 1.82) is 0 Å². The van der Waals surface area contributed by atoms with Crippen LogP contribution in [0, 0.1) is 0 Å².